The molecular weight excluding hydrogens is 422 g/mol. The Hall–Kier alpha value is -3.92. The third-order valence-corrected chi connectivity index (χ3v) is 4.50. The van der Waals surface area contributed by atoms with Gasteiger partial charge < -0.3 is 9.47 Å². The fourth-order valence-corrected chi connectivity index (χ4v) is 3.22. The summed E-state index contributed by atoms with van der Waals surface area (Å²) in [6, 6.07) is 8.51. The van der Waals surface area contributed by atoms with Gasteiger partial charge in [-0.05, 0) is 77.9 Å². The first-order chi connectivity index (χ1) is 15.2. The topological polar surface area (TPSA) is 90.0 Å². The van der Waals surface area contributed by atoms with Gasteiger partial charge in [-0.3, -0.25) is 9.59 Å². The lowest BCUT2D eigenvalue weighted by molar-refractivity contribution is 0.00676. The lowest BCUT2D eigenvalue weighted by atomic mass is 10.1. The second-order valence-corrected chi connectivity index (χ2v) is 9.62. The van der Waals surface area contributed by atoms with Gasteiger partial charge in [-0.1, -0.05) is 5.92 Å². The van der Waals surface area contributed by atoms with Crippen LogP contribution in [0.4, 0.5) is 5.69 Å². The van der Waals surface area contributed by atoms with Crippen molar-refractivity contribution in [2.45, 2.75) is 52.7 Å². The second kappa shape index (κ2) is 8.21. The number of terminal acetylenes is 1. The van der Waals surface area contributed by atoms with Crippen LogP contribution in [-0.2, 0) is 9.47 Å². The van der Waals surface area contributed by atoms with E-state index in [9.17, 15) is 19.2 Å². The van der Waals surface area contributed by atoms with Gasteiger partial charge in [0.15, 0.2) is 0 Å². The highest BCUT2D eigenvalue weighted by atomic mass is 16.6. The Morgan fingerprint density at radius 2 is 1.27 bits per heavy atom. The van der Waals surface area contributed by atoms with Crippen LogP contribution < -0.4 is 4.90 Å². The Labute approximate surface area is 192 Å². The van der Waals surface area contributed by atoms with Crippen LogP contribution in [0.3, 0.4) is 0 Å². The molecule has 2 aromatic carbocycles. The van der Waals surface area contributed by atoms with Crippen LogP contribution in [0.5, 0.6) is 0 Å². The van der Waals surface area contributed by atoms with Crippen LogP contribution >= 0.6 is 0 Å². The van der Waals surface area contributed by atoms with Crippen molar-refractivity contribution in [2.75, 3.05) is 4.90 Å². The lowest BCUT2D eigenvalue weighted by Gasteiger charge is -2.22. The van der Waals surface area contributed by atoms with Crippen LogP contribution in [0.1, 0.15) is 88.5 Å². The summed E-state index contributed by atoms with van der Waals surface area (Å²) in [7, 11) is 0. The highest BCUT2D eigenvalue weighted by Crippen LogP contribution is 2.31. The van der Waals surface area contributed by atoms with Crippen molar-refractivity contribution >= 4 is 29.4 Å². The summed E-state index contributed by atoms with van der Waals surface area (Å²) in [5.74, 6) is -0.178. The number of amides is 2. The Balaban J connectivity index is 2.11. The number of anilines is 1. The standard InChI is InChI=1S/C26H25NO6/c1-8-15-9-10-19-20(11-15)22(29)27(21(19)28)18-13-16(23(30)32-25(2,3)4)12-17(14-18)24(31)33-26(5,6)7/h1,9-14H,2-7H3. The molecule has 0 bridgehead atoms. The molecule has 2 amide bonds. The van der Waals surface area contributed by atoms with Gasteiger partial charge in [0.1, 0.15) is 11.2 Å². The maximum atomic E-state index is 13.1. The van der Waals surface area contributed by atoms with E-state index in [1.807, 2.05) is 0 Å². The number of ether oxygens (including phenoxy) is 2. The minimum atomic E-state index is -0.791. The molecule has 1 aliphatic heterocycles. The minimum absolute atomic E-state index is 0.00385. The maximum absolute atomic E-state index is 13.1. The van der Waals surface area contributed by atoms with E-state index in [1.54, 1.807) is 47.6 Å². The van der Waals surface area contributed by atoms with E-state index in [-0.39, 0.29) is 27.9 Å². The summed E-state index contributed by atoms with van der Waals surface area (Å²) in [6.45, 7) is 10.2. The monoisotopic (exact) mass is 447 g/mol. The van der Waals surface area contributed by atoms with E-state index in [1.165, 1.54) is 30.3 Å². The minimum Gasteiger partial charge on any atom is -0.456 e. The van der Waals surface area contributed by atoms with Crippen molar-refractivity contribution < 1.29 is 28.7 Å². The predicted molar refractivity (Wildman–Crippen MR) is 122 cm³/mol. The highest BCUT2D eigenvalue weighted by molar-refractivity contribution is 6.34. The smallest absolute Gasteiger partial charge is 0.338 e. The van der Waals surface area contributed by atoms with Crippen LogP contribution in [-0.4, -0.2) is 35.0 Å². The Morgan fingerprint density at radius 1 is 0.788 bits per heavy atom. The molecule has 3 rings (SSSR count). The average molecular weight is 447 g/mol. The third-order valence-electron chi connectivity index (χ3n) is 4.50. The molecular formula is C26H25NO6. The summed E-state index contributed by atoms with van der Waals surface area (Å²) in [4.78, 5) is 52.6. The third kappa shape index (κ3) is 5.12. The van der Waals surface area contributed by atoms with Gasteiger partial charge in [-0.25, -0.2) is 14.5 Å². The number of carbonyl (C=O) groups is 4. The number of benzene rings is 2. The van der Waals surface area contributed by atoms with Crippen molar-refractivity contribution in [3.63, 3.8) is 0 Å². The fourth-order valence-electron chi connectivity index (χ4n) is 3.22. The van der Waals surface area contributed by atoms with E-state index in [4.69, 9.17) is 15.9 Å². The molecule has 0 radical (unpaired) electrons. The van der Waals surface area contributed by atoms with Gasteiger partial charge in [-0.2, -0.15) is 0 Å². The zero-order valence-electron chi connectivity index (χ0n) is 19.4. The molecule has 1 heterocycles. The zero-order valence-corrected chi connectivity index (χ0v) is 19.4. The zero-order chi connectivity index (χ0) is 24.7. The SMILES string of the molecule is C#Cc1ccc2c(c1)C(=O)N(c1cc(C(=O)OC(C)(C)C)cc(C(=O)OC(C)(C)C)c1)C2=O. The van der Waals surface area contributed by atoms with Gasteiger partial charge in [0, 0.05) is 5.56 Å². The molecule has 0 unspecified atom stereocenters. The maximum Gasteiger partial charge on any atom is 0.338 e. The number of carbonyl (C=O) groups excluding carboxylic acids is 4. The highest BCUT2D eigenvalue weighted by Gasteiger charge is 2.38. The Bertz CT molecular complexity index is 1170. The molecule has 0 aliphatic carbocycles. The number of imide groups is 1. The first-order valence-electron chi connectivity index (χ1n) is 10.3. The van der Waals surface area contributed by atoms with Crippen molar-refractivity contribution in [2.24, 2.45) is 0 Å². The molecule has 0 aromatic heterocycles. The molecule has 0 saturated heterocycles. The van der Waals surface area contributed by atoms with Gasteiger partial charge >= 0.3 is 11.9 Å². The molecule has 1 aliphatic rings. The predicted octanol–water partition coefficient (Wildman–Crippen LogP) is 4.38. The second-order valence-electron chi connectivity index (χ2n) is 9.62. The molecule has 170 valence electrons. The van der Waals surface area contributed by atoms with Gasteiger partial charge in [0.2, 0.25) is 0 Å². The Kier molecular flexibility index (Phi) is 5.91. The van der Waals surface area contributed by atoms with Gasteiger partial charge in [0.05, 0.1) is 27.9 Å². The van der Waals surface area contributed by atoms with Crippen LogP contribution in [0.2, 0.25) is 0 Å². The van der Waals surface area contributed by atoms with Crippen molar-refractivity contribution in [1.82, 2.24) is 0 Å². The summed E-state index contributed by atoms with van der Waals surface area (Å²) in [5.41, 5.74) is -0.743. The van der Waals surface area contributed by atoms with Crippen molar-refractivity contribution in [3.05, 3.63) is 64.2 Å². The number of esters is 2. The molecule has 0 fully saturated rings. The molecule has 33 heavy (non-hydrogen) atoms. The first-order valence-corrected chi connectivity index (χ1v) is 10.3. The number of rotatable bonds is 3. The summed E-state index contributed by atoms with van der Waals surface area (Å²) in [6.07, 6.45) is 5.41. The van der Waals surface area contributed by atoms with Gasteiger partial charge in [-0.15, -0.1) is 6.42 Å². The molecule has 0 atom stereocenters. The summed E-state index contributed by atoms with van der Waals surface area (Å²) in [5, 5.41) is 0. The molecule has 7 nitrogen and oxygen atoms in total. The average Bonchev–Trinajstić information content (AvgIpc) is 2.94. The number of hydrogen-bond acceptors (Lipinski definition) is 6. The van der Waals surface area contributed by atoms with Crippen LogP contribution in [0.15, 0.2) is 36.4 Å². The van der Waals surface area contributed by atoms with Crippen molar-refractivity contribution in [1.29, 1.82) is 0 Å². The molecule has 0 N–H and O–H groups in total. The normalized spacial score (nSPS) is 13.4. The summed E-state index contributed by atoms with van der Waals surface area (Å²) >= 11 is 0. The molecule has 0 spiro atoms. The largest absolute Gasteiger partial charge is 0.456 e. The molecule has 2 aromatic rings. The lowest BCUT2D eigenvalue weighted by Crippen LogP contribution is -2.30. The number of fused-ring (bicyclic) bond motifs is 1. The van der Waals surface area contributed by atoms with E-state index in [0.717, 1.165) is 4.90 Å². The molecule has 7 heteroatoms. The van der Waals surface area contributed by atoms with Crippen LogP contribution in [0, 0.1) is 12.3 Å². The molecule has 0 saturated carbocycles. The first kappa shape index (κ1) is 23.7. The fraction of sp³-hybridized carbons (Fsp3) is 0.308. The van der Waals surface area contributed by atoms with Gasteiger partial charge in [0.25, 0.3) is 11.8 Å². The summed E-state index contributed by atoms with van der Waals surface area (Å²) < 4.78 is 10.8. The van der Waals surface area contributed by atoms with E-state index in [0.29, 0.717) is 5.56 Å². The Morgan fingerprint density at radius 3 is 1.73 bits per heavy atom. The van der Waals surface area contributed by atoms with Crippen LogP contribution in [0.25, 0.3) is 0 Å². The van der Waals surface area contributed by atoms with E-state index >= 15 is 0 Å². The number of nitrogens with zero attached hydrogens (tertiary/aromatic N) is 1. The van der Waals surface area contributed by atoms with E-state index < -0.39 is 35.0 Å². The van der Waals surface area contributed by atoms with E-state index in [2.05, 4.69) is 5.92 Å². The number of hydrogen-bond donors (Lipinski definition) is 0. The quantitative estimate of drug-likeness (QED) is 0.394. The van der Waals surface area contributed by atoms with Crippen molar-refractivity contribution in [3.8, 4) is 12.3 Å².